The van der Waals surface area contributed by atoms with Crippen LogP contribution in [-0.4, -0.2) is 32.3 Å². The number of esters is 1. The summed E-state index contributed by atoms with van der Waals surface area (Å²) in [6.07, 6.45) is 1.32. The maximum absolute atomic E-state index is 12.9. The number of nitrogens with zero attached hydrogens (tertiary/aromatic N) is 4. The Labute approximate surface area is 158 Å². The number of benzene rings is 1. The SMILES string of the molecule is CCOC(=O)c1noc2ncn(Cc3nc(-c4ccccc4)oc3C)c(=O)c12. The first kappa shape index (κ1) is 17.7. The van der Waals surface area contributed by atoms with Crippen LogP contribution in [0.25, 0.3) is 22.6 Å². The van der Waals surface area contributed by atoms with E-state index < -0.39 is 11.5 Å². The van der Waals surface area contributed by atoms with Gasteiger partial charge in [0.15, 0.2) is 0 Å². The first-order valence-electron chi connectivity index (χ1n) is 8.62. The summed E-state index contributed by atoms with van der Waals surface area (Å²) >= 11 is 0. The number of rotatable bonds is 5. The second-order valence-corrected chi connectivity index (χ2v) is 6.00. The molecule has 1 aromatic carbocycles. The molecule has 0 aliphatic rings. The third-order valence-corrected chi connectivity index (χ3v) is 4.17. The van der Waals surface area contributed by atoms with Crippen LogP contribution in [0.5, 0.6) is 0 Å². The Balaban J connectivity index is 1.72. The molecule has 0 radical (unpaired) electrons. The number of hydrogen-bond acceptors (Lipinski definition) is 8. The largest absolute Gasteiger partial charge is 0.461 e. The Bertz CT molecular complexity index is 1210. The molecule has 28 heavy (non-hydrogen) atoms. The van der Waals surface area contributed by atoms with Gasteiger partial charge in [0, 0.05) is 5.56 Å². The molecule has 9 nitrogen and oxygen atoms in total. The van der Waals surface area contributed by atoms with Gasteiger partial charge in [-0.15, -0.1) is 0 Å². The van der Waals surface area contributed by atoms with Crippen molar-refractivity contribution in [1.29, 1.82) is 0 Å². The summed E-state index contributed by atoms with van der Waals surface area (Å²) in [4.78, 5) is 33.4. The molecular weight excluding hydrogens is 364 g/mol. The molecule has 0 amide bonds. The van der Waals surface area contributed by atoms with E-state index in [1.807, 2.05) is 30.3 Å². The highest BCUT2D eigenvalue weighted by Gasteiger charge is 2.23. The Morgan fingerprint density at radius 3 is 2.79 bits per heavy atom. The number of ether oxygens (including phenoxy) is 1. The first-order chi connectivity index (χ1) is 13.6. The van der Waals surface area contributed by atoms with Crippen LogP contribution in [-0.2, 0) is 11.3 Å². The van der Waals surface area contributed by atoms with E-state index in [1.54, 1.807) is 13.8 Å². The molecule has 0 atom stereocenters. The van der Waals surface area contributed by atoms with Crippen LogP contribution in [0.3, 0.4) is 0 Å². The van der Waals surface area contributed by atoms with Crippen LogP contribution in [0.2, 0.25) is 0 Å². The highest BCUT2D eigenvalue weighted by atomic mass is 16.5. The van der Waals surface area contributed by atoms with Crippen molar-refractivity contribution in [2.45, 2.75) is 20.4 Å². The molecule has 0 saturated carbocycles. The summed E-state index contributed by atoms with van der Waals surface area (Å²) in [6, 6.07) is 9.45. The fourth-order valence-electron chi connectivity index (χ4n) is 2.77. The zero-order chi connectivity index (χ0) is 19.7. The van der Waals surface area contributed by atoms with Gasteiger partial charge in [0.1, 0.15) is 23.2 Å². The Hall–Kier alpha value is -3.75. The lowest BCUT2D eigenvalue weighted by atomic mass is 10.2. The van der Waals surface area contributed by atoms with Crippen LogP contribution < -0.4 is 5.56 Å². The highest BCUT2D eigenvalue weighted by Crippen LogP contribution is 2.22. The zero-order valence-corrected chi connectivity index (χ0v) is 15.2. The fraction of sp³-hybridized carbons (Fsp3) is 0.211. The van der Waals surface area contributed by atoms with Crippen LogP contribution in [0, 0.1) is 6.92 Å². The van der Waals surface area contributed by atoms with Gasteiger partial charge in [0.05, 0.1) is 13.2 Å². The Kier molecular flexibility index (Phi) is 4.48. The number of fused-ring (bicyclic) bond motifs is 1. The lowest BCUT2D eigenvalue weighted by Crippen LogP contribution is -2.23. The van der Waals surface area contributed by atoms with Gasteiger partial charge in [-0.2, -0.15) is 0 Å². The number of aromatic nitrogens is 4. The standard InChI is InChI=1S/C19H16N4O5/c1-3-26-19(25)15-14-17(28-22-15)20-10-23(18(14)24)9-13-11(2)27-16(21-13)12-7-5-4-6-8-12/h4-8,10H,3,9H2,1-2H3. The third-order valence-electron chi connectivity index (χ3n) is 4.17. The summed E-state index contributed by atoms with van der Waals surface area (Å²) in [5.74, 6) is 0.316. The fourth-order valence-corrected chi connectivity index (χ4v) is 2.77. The topological polar surface area (TPSA) is 113 Å². The van der Waals surface area contributed by atoms with Crippen LogP contribution in [0.1, 0.15) is 28.9 Å². The van der Waals surface area contributed by atoms with Crippen LogP contribution in [0.15, 0.2) is 50.4 Å². The lowest BCUT2D eigenvalue weighted by molar-refractivity contribution is 0.0516. The molecule has 0 unspecified atom stereocenters. The quantitative estimate of drug-likeness (QED) is 0.485. The summed E-state index contributed by atoms with van der Waals surface area (Å²) in [5.41, 5.74) is 0.729. The molecule has 3 heterocycles. The number of aryl methyl sites for hydroxylation is 1. The van der Waals surface area contributed by atoms with Gasteiger partial charge >= 0.3 is 5.97 Å². The second kappa shape index (κ2) is 7.10. The highest BCUT2D eigenvalue weighted by molar-refractivity contribution is 5.99. The normalized spacial score (nSPS) is 11.1. The molecule has 0 N–H and O–H groups in total. The van der Waals surface area contributed by atoms with Crippen molar-refractivity contribution < 1.29 is 18.5 Å². The molecule has 0 fully saturated rings. The first-order valence-corrected chi connectivity index (χ1v) is 8.62. The summed E-state index contributed by atoms with van der Waals surface area (Å²) in [7, 11) is 0. The summed E-state index contributed by atoms with van der Waals surface area (Å²) in [5, 5.41) is 3.60. The predicted octanol–water partition coefficient (Wildman–Crippen LogP) is 2.57. The van der Waals surface area contributed by atoms with Gasteiger partial charge in [-0.1, -0.05) is 23.4 Å². The average molecular weight is 380 g/mol. The number of oxazole rings is 1. The molecule has 4 aromatic rings. The molecule has 0 spiro atoms. The predicted molar refractivity (Wildman–Crippen MR) is 97.8 cm³/mol. The van der Waals surface area contributed by atoms with E-state index >= 15 is 0 Å². The number of hydrogen-bond donors (Lipinski definition) is 0. The lowest BCUT2D eigenvalue weighted by Gasteiger charge is -2.03. The van der Waals surface area contributed by atoms with Gasteiger partial charge in [-0.05, 0) is 26.0 Å². The van der Waals surface area contributed by atoms with E-state index in [0.29, 0.717) is 17.3 Å². The van der Waals surface area contributed by atoms with Crippen LogP contribution >= 0.6 is 0 Å². The number of carbonyl (C=O) groups is 1. The molecule has 9 heteroatoms. The number of carbonyl (C=O) groups excluding carboxylic acids is 1. The zero-order valence-electron chi connectivity index (χ0n) is 15.2. The third kappa shape index (κ3) is 3.07. The van der Waals surface area contributed by atoms with Crippen molar-refractivity contribution in [2.75, 3.05) is 6.61 Å². The average Bonchev–Trinajstić information content (AvgIpc) is 3.29. The molecule has 0 aliphatic heterocycles. The van der Waals surface area contributed by atoms with Crippen molar-refractivity contribution in [2.24, 2.45) is 0 Å². The van der Waals surface area contributed by atoms with Crippen LogP contribution in [0.4, 0.5) is 0 Å². The van der Waals surface area contributed by atoms with E-state index in [1.165, 1.54) is 10.9 Å². The molecule has 142 valence electrons. The minimum absolute atomic E-state index is 0.0221. The maximum atomic E-state index is 12.9. The van der Waals surface area contributed by atoms with Gasteiger partial charge in [0.25, 0.3) is 11.3 Å². The van der Waals surface area contributed by atoms with Crippen molar-refractivity contribution >= 4 is 17.1 Å². The van der Waals surface area contributed by atoms with E-state index in [4.69, 9.17) is 13.7 Å². The minimum Gasteiger partial charge on any atom is -0.461 e. The van der Waals surface area contributed by atoms with E-state index in [0.717, 1.165) is 5.56 Å². The van der Waals surface area contributed by atoms with E-state index in [-0.39, 0.29) is 29.9 Å². The smallest absolute Gasteiger partial charge is 0.361 e. The maximum Gasteiger partial charge on any atom is 0.361 e. The van der Waals surface area contributed by atoms with Gasteiger partial charge in [-0.25, -0.2) is 14.8 Å². The van der Waals surface area contributed by atoms with Crippen molar-refractivity contribution in [3.05, 3.63) is 64.2 Å². The Morgan fingerprint density at radius 2 is 2.04 bits per heavy atom. The summed E-state index contributed by atoms with van der Waals surface area (Å²) < 4.78 is 16.9. The Morgan fingerprint density at radius 1 is 1.25 bits per heavy atom. The van der Waals surface area contributed by atoms with Gasteiger partial charge in [0.2, 0.25) is 11.6 Å². The monoisotopic (exact) mass is 380 g/mol. The molecule has 0 bridgehead atoms. The molecule has 0 aliphatic carbocycles. The molecule has 3 aromatic heterocycles. The molecule has 0 saturated heterocycles. The molecule has 4 rings (SSSR count). The van der Waals surface area contributed by atoms with E-state index in [2.05, 4.69) is 15.1 Å². The summed E-state index contributed by atoms with van der Waals surface area (Å²) in [6.45, 7) is 3.71. The minimum atomic E-state index is -0.734. The van der Waals surface area contributed by atoms with Gasteiger partial charge < -0.3 is 13.7 Å². The van der Waals surface area contributed by atoms with Crippen molar-refractivity contribution in [3.8, 4) is 11.5 Å². The molecular formula is C19H16N4O5. The van der Waals surface area contributed by atoms with E-state index in [9.17, 15) is 9.59 Å². The van der Waals surface area contributed by atoms with Gasteiger partial charge in [-0.3, -0.25) is 9.36 Å². The van der Waals surface area contributed by atoms with Crippen molar-refractivity contribution in [1.82, 2.24) is 19.7 Å². The second-order valence-electron chi connectivity index (χ2n) is 6.00. The van der Waals surface area contributed by atoms with Crippen molar-refractivity contribution in [3.63, 3.8) is 0 Å².